The molecule has 130 valence electrons. The van der Waals surface area contributed by atoms with E-state index in [1.54, 1.807) is 24.3 Å². The second-order valence-electron chi connectivity index (χ2n) is 6.34. The van der Waals surface area contributed by atoms with Gasteiger partial charge in [-0.25, -0.2) is 8.78 Å². The van der Waals surface area contributed by atoms with E-state index in [-0.39, 0.29) is 11.6 Å². The lowest BCUT2D eigenvalue weighted by atomic mass is 9.98. The fourth-order valence-electron chi connectivity index (χ4n) is 2.74. The molecule has 0 atom stereocenters. The number of rotatable bonds is 4. The van der Waals surface area contributed by atoms with Crippen LogP contribution in [0.25, 0.3) is 24.3 Å². The minimum Gasteiger partial charge on any atom is -0.207 e. The molecule has 2 heteroatoms. The fraction of sp³-hybridized carbons (Fsp3) is 0.0833. The molecule has 0 nitrogen and oxygen atoms in total. The van der Waals surface area contributed by atoms with Gasteiger partial charge in [0.05, 0.1) is 0 Å². The van der Waals surface area contributed by atoms with Crippen LogP contribution in [0.5, 0.6) is 0 Å². The summed E-state index contributed by atoms with van der Waals surface area (Å²) in [5.74, 6) is -0.460. The molecule has 0 spiro atoms. The van der Waals surface area contributed by atoms with Crippen molar-refractivity contribution in [2.75, 3.05) is 0 Å². The van der Waals surface area contributed by atoms with Crippen LogP contribution >= 0.6 is 0 Å². The van der Waals surface area contributed by atoms with Crippen molar-refractivity contribution in [1.29, 1.82) is 0 Å². The highest BCUT2D eigenvalue weighted by Gasteiger charge is 2.01. The predicted molar refractivity (Wildman–Crippen MR) is 107 cm³/mol. The van der Waals surface area contributed by atoms with E-state index >= 15 is 0 Å². The summed E-state index contributed by atoms with van der Waals surface area (Å²) in [5.41, 5.74) is 6.50. The Kier molecular flexibility index (Phi) is 5.43. The lowest BCUT2D eigenvalue weighted by molar-refractivity contribution is 0.627. The quantitative estimate of drug-likeness (QED) is 0.450. The largest absolute Gasteiger partial charge is 0.207 e. The lowest BCUT2D eigenvalue weighted by Crippen LogP contribution is -1.88. The summed E-state index contributed by atoms with van der Waals surface area (Å²) in [4.78, 5) is 0. The first-order valence-corrected chi connectivity index (χ1v) is 8.50. The van der Waals surface area contributed by atoms with Gasteiger partial charge in [-0.15, -0.1) is 0 Å². The van der Waals surface area contributed by atoms with Crippen molar-refractivity contribution in [3.63, 3.8) is 0 Å². The van der Waals surface area contributed by atoms with Gasteiger partial charge in [0.2, 0.25) is 0 Å². The first-order valence-electron chi connectivity index (χ1n) is 8.50. The fourth-order valence-corrected chi connectivity index (χ4v) is 2.74. The Morgan fingerprint density at radius 1 is 0.538 bits per heavy atom. The van der Waals surface area contributed by atoms with Gasteiger partial charge in [-0.1, -0.05) is 60.7 Å². The van der Waals surface area contributed by atoms with Crippen LogP contribution in [0.4, 0.5) is 8.78 Å². The van der Waals surface area contributed by atoms with Crippen molar-refractivity contribution in [3.05, 3.63) is 106 Å². The summed E-state index contributed by atoms with van der Waals surface area (Å²) in [5, 5.41) is 0. The smallest absolute Gasteiger partial charge is 0.123 e. The van der Waals surface area contributed by atoms with Crippen LogP contribution in [0.3, 0.4) is 0 Å². The second kappa shape index (κ2) is 7.92. The van der Waals surface area contributed by atoms with Crippen molar-refractivity contribution in [2.45, 2.75) is 13.8 Å². The summed E-state index contributed by atoms with van der Waals surface area (Å²) < 4.78 is 26.0. The van der Waals surface area contributed by atoms with E-state index in [1.807, 2.05) is 24.3 Å². The van der Waals surface area contributed by atoms with Gasteiger partial charge in [0, 0.05) is 0 Å². The number of benzene rings is 3. The molecule has 0 fully saturated rings. The normalized spacial score (nSPS) is 11.5. The molecule has 0 saturated carbocycles. The molecule has 0 aliphatic heterocycles. The minimum atomic E-state index is -0.230. The zero-order valence-corrected chi connectivity index (χ0v) is 14.8. The van der Waals surface area contributed by atoms with E-state index < -0.39 is 0 Å². The molecule has 0 N–H and O–H groups in total. The molecule has 3 rings (SSSR count). The molecule has 0 saturated heterocycles. The van der Waals surface area contributed by atoms with E-state index in [4.69, 9.17) is 0 Å². The Labute approximate surface area is 153 Å². The monoisotopic (exact) mass is 346 g/mol. The minimum absolute atomic E-state index is 0.230. The average molecular weight is 346 g/mol. The molecule has 3 aromatic carbocycles. The Balaban J connectivity index is 1.81. The van der Waals surface area contributed by atoms with Crippen LogP contribution in [-0.2, 0) is 0 Å². The molecular formula is C24H20F2. The van der Waals surface area contributed by atoms with Crippen LogP contribution in [0.1, 0.15) is 33.4 Å². The van der Waals surface area contributed by atoms with Gasteiger partial charge in [-0.2, -0.15) is 0 Å². The molecular weight excluding hydrogens is 326 g/mol. The second-order valence-corrected chi connectivity index (χ2v) is 6.34. The van der Waals surface area contributed by atoms with Gasteiger partial charge in [0.1, 0.15) is 11.6 Å². The van der Waals surface area contributed by atoms with E-state index in [2.05, 4.69) is 26.0 Å². The Bertz CT molecular complexity index is 866. The number of halogens is 2. The van der Waals surface area contributed by atoms with E-state index in [0.717, 1.165) is 33.4 Å². The van der Waals surface area contributed by atoms with Crippen LogP contribution in [-0.4, -0.2) is 0 Å². The number of hydrogen-bond donors (Lipinski definition) is 0. The maximum Gasteiger partial charge on any atom is 0.123 e. The summed E-state index contributed by atoms with van der Waals surface area (Å²) >= 11 is 0. The molecule has 0 heterocycles. The number of hydrogen-bond acceptors (Lipinski definition) is 0. The molecule has 0 aliphatic rings. The molecule has 3 aromatic rings. The Hall–Kier alpha value is -3.00. The van der Waals surface area contributed by atoms with Crippen LogP contribution in [0, 0.1) is 25.5 Å². The zero-order valence-electron chi connectivity index (χ0n) is 14.8. The maximum atomic E-state index is 13.0. The van der Waals surface area contributed by atoms with Crippen LogP contribution < -0.4 is 0 Å². The van der Waals surface area contributed by atoms with Gasteiger partial charge in [-0.05, 0) is 71.5 Å². The third kappa shape index (κ3) is 4.54. The summed E-state index contributed by atoms with van der Waals surface area (Å²) in [6, 6.07) is 17.1. The topological polar surface area (TPSA) is 0 Å². The summed E-state index contributed by atoms with van der Waals surface area (Å²) in [7, 11) is 0. The highest BCUT2D eigenvalue weighted by atomic mass is 19.1. The molecule has 0 radical (unpaired) electrons. The highest BCUT2D eigenvalue weighted by Crippen LogP contribution is 2.21. The SMILES string of the molecule is Cc1cc(/C=C/c2ccc(F)cc2)c(C)cc1/C=C/c1ccc(F)cc1. The Morgan fingerprint density at radius 2 is 0.885 bits per heavy atom. The third-order valence-electron chi connectivity index (χ3n) is 4.31. The van der Waals surface area contributed by atoms with Crippen LogP contribution in [0.15, 0.2) is 60.7 Å². The first kappa shape index (κ1) is 17.8. The average Bonchev–Trinajstić information content (AvgIpc) is 2.63. The van der Waals surface area contributed by atoms with E-state index in [0.29, 0.717) is 0 Å². The molecule has 26 heavy (non-hydrogen) atoms. The third-order valence-corrected chi connectivity index (χ3v) is 4.31. The molecule has 0 bridgehead atoms. The van der Waals surface area contributed by atoms with Crippen molar-refractivity contribution < 1.29 is 8.78 Å². The number of aryl methyl sites for hydroxylation is 2. The van der Waals surface area contributed by atoms with Crippen molar-refractivity contribution in [3.8, 4) is 0 Å². The van der Waals surface area contributed by atoms with Gasteiger partial charge < -0.3 is 0 Å². The standard InChI is InChI=1S/C24H20F2/c1-17-15-22(10-4-20-7-13-24(26)14-8-20)18(2)16-21(17)9-3-19-5-11-23(25)12-6-19/h3-16H,1-2H3/b9-3+,10-4+. The summed E-state index contributed by atoms with van der Waals surface area (Å²) in [6.07, 6.45) is 8.05. The zero-order chi connectivity index (χ0) is 18.5. The maximum absolute atomic E-state index is 13.0. The molecule has 0 aromatic heterocycles. The molecule has 0 amide bonds. The predicted octanol–water partition coefficient (Wildman–Crippen LogP) is 6.92. The van der Waals surface area contributed by atoms with Crippen molar-refractivity contribution >= 4 is 24.3 Å². The lowest BCUT2D eigenvalue weighted by Gasteiger charge is -2.07. The summed E-state index contributed by atoms with van der Waals surface area (Å²) in [6.45, 7) is 4.14. The van der Waals surface area contributed by atoms with Crippen LogP contribution in [0.2, 0.25) is 0 Å². The van der Waals surface area contributed by atoms with Gasteiger partial charge in [0.25, 0.3) is 0 Å². The van der Waals surface area contributed by atoms with Crippen molar-refractivity contribution in [2.24, 2.45) is 0 Å². The van der Waals surface area contributed by atoms with Gasteiger partial charge in [-0.3, -0.25) is 0 Å². The highest BCUT2D eigenvalue weighted by molar-refractivity contribution is 5.76. The van der Waals surface area contributed by atoms with E-state index in [1.165, 1.54) is 24.3 Å². The van der Waals surface area contributed by atoms with Crippen molar-refractivity contribution in [1.82, 2.24) is 0 Å². The van der Waals surface area contributed by atoms with Gasteiger partial charge in [0.15, 0.2) is 0 Å². The Morgan fingerprint density at radius 3 is 1.23 bits per heavy atom. The molecule has 0 aliphatic carbocycles. The molecule has 0 unspecified atom stereocenters. The van der Waals surface area contributed by atoms with E-state index in [9.17, 15) is 8.78 Å². The van der Waals surface area contributed by atoms with Gasteiger partial charge >= 0.3 is 0 Å². The first-order chi connectivity index (χ1) is 12.5.